The first kappa shape index (κ1) is 27.2. The van der Waals surface area contributed by atoms with E-state index in [4.69, 9.17) is 4.74 Å². The summed E-state index contributed by atoms with van der Waals surface area (Å²) in [7, 11) is 3.09. The molecule has 3 aromatic rings. The van der Waals surface area contributed by atoms with Gasteiger partial charge in [0, 0.05) is 42.2 Å². The van der Waals surface area contributed by atoms with Crippen LogP contribution in [0.1, 0.15) is 52.8 Å². The minimum Gasteiger partial charge on any atom is -0.406 e. The minimum absolute atomic E-state index is 0.0188. The summed E-state index contributed by atoms with van der Waals surface area (Å²) in [6.07, 6.45) is 0.0864. The summed E-state index contributed by atoms with van der Waals surface area (Å²) < 4.78 is 46.1. The highest BCUT2D eigenvalue weighted by Gasteiger charge is 2.31. The molecule has 0 unspecified atom stereocenters. The molecule has 2 N–H and O–H groups in total. The lowest BCUT2D eigenvalue weighted by Gasteiger charge is -2.26. The van der Waals surface area contributed by atoms with Crippen LogP contribution in [0, 0.1) is 5.92 Å². The van der Waals surface area contributed by atoms with Gasteiger partial charge in [-0.2, -0.15) is 0 Å². The van der Waals surface area contributed by atoms with Crippen molar-refractivity contribution in [2.75, 3.05) is 31.0 Å². The Morgan fingerprint density at radius 2 is 1.74 bits per heavy atom. The van der Waals surface area contributed by atoms with E-state index in [0.717, 1.165) is 44.2 Å². The van der Waals surface area contributed by atoms with Gasteiger partial charge in [-0.15, -0.1) is 13.2 Å². The first-order valence-electron chi connectivity index (χ1n) is 12.2. The summed E-state index contributed by atoms with van der Waals surface area (Å²) in [6.45, 7) is -0.235. The number of hydrogen-bond donors (Lipinski definition) is 2. The maximum atomic E-state index is 13.0. The normalized spacial score (nSPS) is 14.3. The Balaban J connectivity index is 1.61. The predicted molar refractivity (Wildman–Crippen MR) is 136 cm³/mol. The number of halogens is 3. The molecule has 4 rings (SSSR count). The van der Waals surface area contributed by atoms with Gasteiger partial charge in [-0.25, -0.2) is 0 Å². The molecular formula is C27H28F3N3O5. The van der Waals surface area contributed by atoms with Crippen LogP contribution < -0.4 is 15.0 Å². The summed E-state index contributed by atoms with van der Waals surface area (Å²) >= 11 is 0. The molecule has 1 fully saturated rings. The van der Waals surface area contributed by atoms with E-state index in [1.807, 2.05) is 0 Å². The number of methoxy groups -OCH3 is 1. The number of ether oxygens (including phenoxy) is 2. The zero-order chi connectivity index (χ0) is 27.4. The Morgan fingerprint density at radius 3 is 2.37 bits per heavy atom. The number of carbonyl (C=O) groups excluding carboxylic acids is 3. The standard InChI is InChI=1S/C27H28F3N3O5/c1-33(26(36)17-6-4-3-5-7-17)18-10-13-20-21(14-18)31-24(23(20)22(34)15-37-2)32-25(35)16-8-11-19(12-9-16)38-27(28,29)30/h8-14,17,31H,3-7,15H2,1-2H3,(H,32,35). The monoisotopic (exact) mass is 531 g/mol. The number of benzene rings is 2. The molecule has 0 bridgehead atoms. The third kappa shape index (κ3) is 6.16. The van der Waals surface area contributed by atoms with E-state index >= 15 is 0 Å². The molecule has 1 heterocycles. The topological polar surface area (TPSA) is 101 Å². The third-order valence-corrected chi connectivity index (χ3v) is 6.60. The van der Waals surface area contributed by atoms with Gasteiger partial charge in [-0.05, 0) is 55.3 Å². The van der Waals surface area contributed by atoms with Gasteiger partial charge in [-0.1, -0.05) is 19.3 Å². The number of hydrogen-bond acceptors (Lipinski definition) is 5. The molecule has 0 radical (unpaired) electrons. The fourth-order valence-electron chi connectivity index (χ4n) is 4.73. The Hall–Kier alpha value is -3.86. The molecule has 1 aliphatic rings. The number of Topliss-reactive ketones (excluding diaryl/α,β-unsaturated/α-hetero) is 1. The molecule has 8 nitrogen and oxygen atoms in total. The molecule has 0 saturated heterocycles. The first-order valence-corrected chi connectivity index (χ1v) is 12.2. The second-order valence-electron chi connectivity index (χ2n) is 9.22. The highest BCUT2D eigenvalue weighted by molar-refractivity contribution is 6.17. The van der Waals surface area contributed by atoms with E-state index < -0.39 is 18.0 Å². The Labute approximate surface area is 217 Å². The number of nitrogens with one attached hydrogen (secondary N) is 2. The molecule has 1 aliphatic carbocycles. The number of carbonyl (C=O) groups is 3. The van der Waals surface area contributed by atoms with E-state index in [9.17, 15) is 27.6 Å². The van der Waals surface area contributed by atoms with Crippen molar-refractivity contribution < 1.29 is 37.0 Å². The van der Waals surface area contributed by atoms with Gasteiger partial charge in [0.15, 0.2) is 5.78 Å². The summed E-state index contributed by atoms with van der Waals surface area (Å²) in [6, 6.07) is 9.59. The quantitative estimate of drug-likeness (QED) is 0.364. The van der Waals surface area contributed by atoms with Crippen LogP contribution in [0.3, 0.4) is 0 Å². The number of rotatable bonds is 8. The number of anilines is 2. The van der Waals surface area contributed by atoms with Crippen molar-refractivity contribution in [1.29, 1.82) is 0 Å². The van der Waals surface area contributed by atoms with Crippen LogP contribution >= 0.6 is 0 Å². The van der Waals surface area contributed by atoms with Crippen molar-refractivity contribution >= 4 is 40.0 Å². The van der Waals surface area contributed by atoms with Crippen molar-refractivity contribution in [2.45, 2.75) is 38.5 Å². The summed E-state index contributed by atoms with van der Waals surface area (Å²) in [5, 5.41) is 3.16. The van der Waals surface area contributed by atoms with Crippen LogP contribution in [0.5, 0.6) is 5.75 Å². The van der Waals surface area contributed by atoms with E-state index in [1.54, 1.807) is 30.1 Å². The SMILES string of the molecule is COCC(=O)c1c(NC(=O)c2ccc(OC(F)(F)F)cc2)[nH]c2cc(N(C)C(=O)C3CCCCC3)ccc12. The first-order chi connectivity index (χ1) is 18.1. The highest BCUT2D eigenvalue weighted by Crippen LogP contribution is 2.32. The van der Waals surface area contributed by atoms with Crippen LogP contribution in [-0.2, 0) is 9.53 Å². The summed E-state index contributed by atoms with van der Waals surface area (Å²) in [4.78, 5) is 43.4. The number of amides is 2. The zero-order valence-electron chi connectivity index (χ0n) is 21.0. The summed E-state index contributed by atoms with van der Waals surface area (Å²) in [5.41, 5.74) is 1.41. The molecule has 0 atom stereocenters. The summed E-state index contributed by atoms with van der Waals surface area (Å²) in [5.74, 6) is -1.36. The number of aromatic nitrogens is 1. The largest absolute Gasteiger partial charge is 0.573 e. The van der Waals surface area contributed by atoms with Gasteiger partial charge in [-0.3, -0.25) is 14.4 Å². The minimum atomic E-state index is -4.85. The van der Waals surface area contributed by atoms with Gasteiger partial charge < -0.3 is 24.7 Å². The molecular weight excluding hydrogens is 503 g/mol. The third-order valence-electron chi connectivity index (χ3n) is 6.60. The Kier molecular flexibility index (Phi) is 8.05. The lowest BCUT2D eigenvalue weighted by Crippen LogP contribution is -2.33. The number of H-pyrrole nitrogens is 1. The fraction of sp³-hybridized carbons (Fsp3) is 0.370. The van der Waals surface area contributed by atoms with Gasteiger partial charge >= 0.3 is 6.36 Å². The molecule has 38 heavy (non-hydrogen) atoms. The zero-order valence-corrected chi connectivity index (χ0v) is 21.0. The second-order valence-corrected chi connectivity index (χ2v) is 9.22. The van der Waals surface area contributed by atoms with Crippen LogP contribution in [0.25, 0.3) is 10.9 Å². The number of fused-ring (bicyclic) bond motifs is 1. The van der Waals surface area contributed by atoms with Crippen LogP contribution in [0.15, 0.2) is 42.5 Å². The smallest absolute Gasteiger partial charge is 0.406 e. The Morgan fingerprint density at radius 1 is 1.05 bits per heavy atom. The average molecular weight is 532 g/mol. The number of alkyl halides is 3. The lowest BCUT2D eigenvalue weighted by molar-refractivity contribution is -0.274. The molecule has 1 saturated carbocycles. The lowest BCUT2D eigenvalue weighted by atomic mass is 9.88. The van der Waals surface area contributed by atoms with Crippen molar-refractivity contribution in [1.82, 2.24) is 4.98 Å². The second kappa shape index (κ2) is 11.3. The maximum Gasteiger partial charge on any atom is 0.573 e. The van der Waals surface area contributed by atoms with E-state index in [1.165, 1.54) is 19.2 Å². The van der Waals surface area contributed by atoms with E-state index in [-0.39, 0.29) is 41.2 Å². The van der Waals surface area contributed by atoms with Crippen molar-refractivity contribution in [3.8, 4) is 5.75 Å². The van der Waals surface area contributed by atoms with Crippen LogP contribution in [0.2, 0.25) is 0 Å². The van der Waals surface area contributed by atoms with Crippen LogP contribution in [-0.4, -0.2) is 49.7 Å². The van der Waals surface area contributed by atoms with Gasteiger partial charge in [0.25, 0.3) is 5.91 Å². The van der Waals surface area contributed by atoms with Crippen LogP contribution in [0.4, 0.5) is 24.7 Å². The van der Waals surface area contributed by atoms with Crippen molar-refractivity contribution in [2.24, 2.45) is 5.92 Å². The maximum absolute atomic E-state index is 13.0. The molecule has 0 spiro atoms. The van der Waals surface area contributed by atoms with Crippen molar-refractivity contribution in [3.05, 3.63) is 53.6 Å². The molecule has 11 heteroatoms. The fourth-order valence-corrected chi connectivity index (χ4v) is 4.73. The molecule has 1 aromatic heterocycles. The number of nitrogens with zero attached hydrogens (tertiary/aromatic N) is 1. The predicted octanol–water partition coefficient (Wildman–Crippen LogP) is 5.69. The molecule has 0 aliphatic heterocycles. The van der Waals surface area contributed by atoms with E-state index in [2.05, 4.69) is 15.0 Å². The highest BCUT2D eigenvalue weighted by atomic mass is 19.4. The molecule has 202 valence electrons. The van der Waals surface area contributed by atoms with Crippen molar-refractivity contribution in [3.63, 3.8) is 0 Å². The number of ketones is 1. The van der Waals surface area contributed by atoms with Gasteiger partial charge in [0.05, 0.1) is 5.56 Å². The average Bonchev–Trinajstić information content (AvgIpc) is 3.25. The van der Waals surface area contributed by atoms with E-state index in [0.29, 0.717) is 16.6 Å². The van der Waals surface area contributed by atoms with Gasteiger partial charge in [0.1, 0.15) is 18.2 Å². The molecule has 2 amide bonds. The number of aromatic amines is 1. The molecule has 2 aromatic carbocycles. The van der Waals surface area contributed by atoms with Gasteiger partial charge in [0.2, 0.25) is 5.91 Å². The Bertz CT molecular complexity index is 1330.